The van der Waals surface area contributed by atoms with E-state index in [4.69, 9.17) is 5.26 Å². The van der Waals surface area contributed by atoms with Gasteiger partial charge in [-0.05, 0) is 37.7 Å². The van der Waals surface area contributed by atoms with Crippen LogP contribution in [0.5, 0.6) is 0 Å². The number of aromatic nitrogens is 1. The largest absolute Gasteiger partial charge is 0.366 e. The van der Waals surface area contributed by atoms with E-state index >= 15 is 0 Å². The van der Waals surface area contributed by atoms with Crippen LogP contribution < -0.4 is 4.90 Å². The molecule has 2 fully saturated rings. The Kier molecular flexibility index (Phi) is 2.28. The predicted molar refractivity (Wildman–Crippen MR) is 62.0 cm³/mol. The van der Waals surface area contributed by atoms with E-state index in [1.165, 1.54) is 25.7 Å². The normalized spacial score (nSPS) is 19.2. The molecule has 0 N–H and O–H groups in total. The highest BCUT2D eigenvalue weighted by Gasteiger charge is 2.34. The molecule has 0 spiro atoms. The zero-order chi connectivity index (χ0) is 11.0. The number of hydrogen-bond donors (Lipinski definition) is 0. The van der Waals surface area contributed by atoms with E-state index in [-0.39, 0.29) is 0 Å². The summed E-state index contributed by atoms with van der Waals surface area (Å²) in [6.07, 6.45) is 8.79. The van der Waals surface area contributed by atoms with E-state index in [0.29, 0.717) is 6.04 Å². The Bertz CT molecular complexity index is 427. The first-order valence-electron chi connectivity index (χ1n) is 5.99. The van der Waals surface area contributed by atoms with Crippen molar-refractivity contribution in [2.75, 3.05) is 11.4 Å². The van der Waals surface area contributed by atoms with Crippen molar-refractivity contribution < 1.29 is 0 Å². The maximum absolute atomic E-state index is 9.11. The average molecular weight is 213 g/mol. The van der Waals surface area contributed by atoms with Crippen LogP contribution in [0.2, 0.25) is 0 Å². The molecule has 3 nitrogen and oxygen atoms in total. The van der Waals surface area contributed by atoms with Crippen molar-refractivity contribution in [3.8, 4) is 6.07 Å². The highest BCUT2D eigenvalue weighted by atomic mass is 15.2. The molecule has 1 heterocycles. The molecule has 0 saturated heterocycles. The van der Waals surface area contributed by atoms with Crippen LogP contribution >= 0.6 is 0 Å². The van der Waals surface area contributed by atoms with Gasteiger partial charge in [0.1, 0.15) is 6.07 Å². The molecule has 82 valence electrons. The highest BCUT2D eigenvalue weighted by molar-refractivity contribution is 5.59. The van der Waals surface area contributed by atoms with E-state index < -0.39 is 0 Å². The van der Waals surface area contributed by atoms with Crippen molar-refractivity contribution in [2.45, 2.75) is 31.7 Å². The molecule has 0 bridgehead atoms. The van der Waals surface area contributed by atoms with Crippen LogP contribution in [0.4, 0.5) is 5.69 Å². The third-order valence-corrected chi connectivity index (χ3v) is 3.37. The summed E-state index contributed by atoms with van der Waals surface area (Å²) in [7, 11) is 0. The Hall–Kier alpha value is -1.56. The van der Waals surface area contributed by atoms with Gasteiger partial charge in [0.05, 0.1) is 17.4 Å². The number of nitriles is 1. The molecule has 0 radical (unpaired) electrons. The molecule has 2 aliphatic carbocycles. The van der Waals surface area contributed by atoms with Gasteiger partial charge in [-0.15, -0.1) is 0 Å². The van der Waals surface area contributed by atoms with Gasteiger partial charge in [-0.2, -0.15) is 5.26 Å². The smallest absolute Gasteiger partial charge is 0.101 e. The summed E-state index contributed by atoms with van der Waals surface area (Å²) < 4.78 is 0. The molecule has 16 heavy (non-hydrogen) atoms. The van der Waals surface area contributed by atoms with Crippen molar-refractivity contribution >= 4 is 5.69 Å². The van der Waals surface area contributed by atoms with Crippen LogP contribution in [0, 0.1) is 17.2 Å². The lowest BCUT2D eigenvalue weighted by Gasteiger charge is -2.25. The van der Waals surface area contributed by atoms with Crippen molar-refractivity contribution in [2.24, 2.45) is 5.92 Å². The lowest BCUT2D eigenvalue weighted by atomic mass is 10.2. The average Bonchev–Trinajstić information content (AvgIpc) is 3.16. The minimum absolute atomic E-state index is 0.664. The molecule has 3 heteroatoms. The Labute approximate surface area is 95.7 Å². The van der Waals surface area contributed by atoms with Crippen LogP contribution in [0.25, 0.3) is 0 Å². The molecule has 0 atom stereocenters. The minimum atomic E-state index is 0.664. The first kappa shape index (κ1) is 9.65. The number of rotatable bonds is 4. The van der Waals surface area contributed by atoms with E-state index in [2.05, 4.69) is 16.0 Å². The van der Waals surface area contributed by atoms with Gasteiger partial charge in [-0.25, -0.2) is 0 Å². The molecular formula is C13H15N3. The van der Waals surface area contributed by atoms with E-state index in [0.717, 1.165) is 23.7 Å². The number of pyridine rings is 1. The molecule has 0 aliphatic heterocycles. The first-order chi connectivity index (χ1) is 7.88. The molecule has 2 saturated carbocycles. The number of anilines is 1. The van der Waals surface area contributed by atoms with Gasteiger partial charge in [-0.3, -0.25) is 4.98 Å². The van der Waals surface area contributed by atoms with Crippen LogP contribution in [0.3, 0.4) is 0 Å². The van der Waals surface area contributed by atoms with Gasteiger partial charge in [0.25, 0.3) is 0 Å². The molecule has 0 amide bonds. The van der Waals surface area contributed by atoms with Crippen molar-refractivity contribution in [1.29, 1.82) is 5.26 Å². The fraction of sp³-hybridized carbons (Fsp3) is 0.538. The van der Waals surface area contributed by atoms with Crippen LogP contribution in [0.15, 0.2) is 18.5 Å². The van der Waals surface area contributed by atoms with E-state index in [1.807, 2.05) is 12.3 Å². The van der Waals surface area contributed by atoms with Crippen LogP contribution in [0.1, 0.15) is 31.2 Å². The number of hydrogen-bond acceptors (Lipinski definition) is 3. The second-order valence-corrected chi connectivity index (χ2v) is 4.83. The second kappa shape index (κ2) is 3.79. The first-order valence-corrected chi connectivity index (χ1v) is 5.99. The zero-order valence-corrected chi connectivity index (χ0v) is 9.26. The number of nitrogens with zero attached hydrogens (tertiary/aromatic N) is 3. The summed E-state index contributed by atoms with van der Waals surface area (Å²) in [5, 5.41) is 9.11. The Balaban J connectivity index is 1.88. The fourth-order valence-corrected chi connectivity index (χ4v) is 2.12. The highest BCUT2D eigenvalue weighted by Crippen LogP contribution is 2.38. The maximum Gasteiger partial charge on any atom is 0.101 e. The van der Waals surface area contributed by atoms with Gasteiger partial charge in [-0.1, -0.05) is 0 Å². The Morgan fingerprint density at radius 2 is 2.19 bits per heavy atom. The maximum atomic E-state index is 9.11. The van der Waals surface area contributed by atoms with Crippen molar-refractivity contribution in [3.63, 3.8) is 0 Å². The van der Waals surface area contributed by atoms with Gasteiger partial charge >= 0.3 is 0 Å². The van der Waals surface area contributed by atoms with Gasteiger partial charge in [0, 0.05) is 18.8 Å². The van der Waals surface area contributed by atoms with Gasteiger partial charge in [0.15, 0.2) is 0 Å². The topological polar surface area (TPSA) is 39.9 Å². The summed E-state index contributed by atoms with van der Waals surface area (Å²) in [5.41, 5.74) is 1.81. The molecule has 3 rings (SSSR count). The molecular weight excluding hydrogens is 198 g/mol. The van der Waals surface area contributed by atoms with Crippen LogP contribution in [-0.2, 0) is 0 Å². The van der Waals surface area contributed by atoms with E-state index in [9.17, 15) is 0 Å². The quantitative estimate of drug-likeness (QED) is 0.770. The third-order valence-electron chi connectivity index (χ3n) is 3.37. The monoisotopic (exact) mass is 213 g/mol. The van der Waals surface area contributed by atoms with Gasteiger partial charge in [0.2, 0.25) is 0 Å². The summed E-state index contributed by atoms with van der Waals surface area (Å²) in [6, 6.07) is 4.75. The third kappa shape index (κ3) is 1.88. The standard InChI is InChI=1S/C13H15N3/c14-7-11-5-6-15-8-13(11)16(12-3-4-12)9-10-1-2-10/h5-6,8,10,12H,1-4,9H2. The van der Waals surface area contributed by atoms with Crippen molar-refractivity contribution in [1.82, 2.24) is 4.98 Å². The Morgan fingerprint density at radius 1 is 1.38 bits per heavy atom. The molecule has 0 aromatic carbocycles. The Morgan fingerprint density at radius 3 is 2.81 bits per heavy atom. The molecule has 0 unspecified atom stereocenters. The molecule has 1 aromatic heterocycles. The molecule has 2 aliphatic rings. The van der Waals surface area contributed by atoms with Crippen molar-refractivity contribution in [3.05, 3.63) is 24.0 Å². The minimum Gasteiger partial charge on any atom is -0.366 e. The SMILES string of the molecule is N#Cc1ccncc1N(CC1CC1)C1CC1. The van der Waals surface area contributed by atoms with Crippen LogP contribution in [-0.4, -0.2) is 17.6 Å². The fourth-order valence-electron chi connectivity index (χ4n) is 2.12. The molecule has 1 aromatic rings. The lowest BCUT2D eigenvalue weighted by Crippen LogP contribution is -2.28. The summed E-state index contributed by atoms with van der Waals surface area (Å²) in [6.45, 7) is 1.12. The van der Waals surface area contributed by atoms with Gasteiger partial charge < -0.3 is 4.90 Å². The summed E-state index contributed by atoms with van der Waals surface area (Å²) >= 11 is 0. The predicted octanol–water partition coefficient (Wildman–Crippen LogP) is 2.33. The summed E-state index contributed by atoms with van der Waals surface area (Å²) in [5.74, 6) is 0.854. The lowest BCUT2D eigenvalue weighted by molar-refractivity contribution is 0.716. The second-order valence-electron chi connectivity index (χ2n) is 4.83. The zero-order valence-electron chi connectivity index (χ0n) is 9.26. The summed E-state index contributed by atoms with van der Waals surface area (Å²) in [4.78, 5) is 6.57. The van der Waals surface area contributed by atoms with E-state index in [1.54, 1.807) is 6.20 Å².